The van der Waals surface area contributed by atoms with Crippen molar-refractivity contribution < 1.29 is 0 Å². The van der Waals surface area contributed by atoms with E-state index in [4.69, 9.17) is 0 Å². The van der Waals surface area contributed by atoms with Crippen LogP contribution in [0.3, 0.4) is 0 Å². The summed E-state index contributed by atoms with van der Waals surface area (Å²) in [6.07, 6.45) is 0. The van der Waals surface area contributed by atoms with Crippen molar-refractivity contribution in [2.24, 2.45) is 0 Å². The maximum Gasteiger partial charge on any atom is 0.173 e. The molecule has 1 nitrogen and oxygen atoms in total. The van der Waals surface area contributed by atoms with Gasteiger partial charge < -0.3 is 4.23 Å². The van der Waals surface area contributed by atoms with Crippen molar-refractivity contribution >= 4 is 28.1 Å². The van der Waals surface area contributed by atoms with Gasteiger partial charge in [-0.2, -0.15) is 0 Å². The van der Waals surface area contributed by atoms with Gasteiger partial charge in [-0.3, -0.25) is 0 Å². The van der Waals surface area contributed by atoms with Gasteiger partial charge in [0.2, 0.25) is 0 Å². The number of nitrogens with zero attached hydrogens (tertiary/aromatic N) is 1. The molecule has 0 aromatic heterocycles. The Bertz CT molecular complexity index is 509. The number of anilines is 1. The lowest BCUT2D eigenvalue weighted by atomic mass is 10.3. The van der Waals surface area contributed by atoms with E-state index < -0.39 is 17.2 Å². The molecule has 0 heterocycles. The van der Waals surface area contributed by atoms with Crippen LogP contribution < -0.4 is 9.42 Å². The fourth-order valence-corrected chi connectivity index (χ4v) is 10.3. The molecule has 0 atom stereocenters. The fraction of sp³-hybridized carbons (Fsp3) is 0.250. The van der Waals surface area contributed by atoms with E-state index in [1.54, 1.807) is 0 Å². The normalized spacial score (nSPS) is 11.6. The van der Waals surface area contributed by atoms with Gasteiger partial charge in [0.05, 0.1) is 0 Å². The second kappa shape index (κ2) is 5.76. The van der Waals surface area contributed by atoms with E-state index in [2.05, 4.69) is 91.1 Å². The summed E-state index contributed by atoms with van der Waals surface area (Å²) in [5.74, 6) is 0. The number of hydrogen-bond donors (Lipinski definition) is 0. The zero-order chi connectivity index (χ0) is 13.9. The van der Waals surface area contributed by atoms with E-state index in [1.807, 2.05) is 0 Å². The smallest absolute Gasteiger partial charge is 0.173 e. The third-order valence-electron chi connectivity index (χ3n) is 3.50. The minimum Gasteiger partial charge on any atom is -0.422 e. The Kier molecular flexibility index (Phi) is 4.27. The molecule has 2 aromatic carbocycles. The predicted octanol–water partition coefficient (Wildman–Crippen LogP) is 3.86. The van der Waals surface area contributed by atoms with E-state index in [1.165, 1.54) is 10.9 Å². The van der Waals surface area contributed by atoms with Crippen LogP contribution >= 0.6 is 0 Å². The first-order chi connectivity index (χ1) is 9.03. The molecule has 0 saturated carbocycles. The van der Waals surface area contributed by atoms with Crippen LogP contribution in [0.5, 0.6) is 0 Å². The number of benzene rings is 2. The SMILES string of the molecule is C[Si](C)N(c1ccccc1)[Si](C)(C)c1ccccc1. The minimum absolute atomic E-state index is 0.534. The highest BCUT2D eigenvalue weighted by Crippen LogP contribution is 2.22. The van der Waals surface area contributed by atoms with E-state index in [0.717, 1.165) is 0 Å². The second-order valence-corrected chi connectivity index (χ2v) is 12.5. The Morgan fingerprint density at radius 1 is 0.789 bits per heavy atom. The topological polar surface area (TPSA) is 3.24 Å². The molecule has 0 aliphatic rings. The molecule has 1 radical (unpaired) electrons. The molecule has 2 aromatic rings. The Labute approximate surface area is 119 Å². The van der Waals surface area contributed by atoms with Crippen molar-refractivity contribution in [3.63, 3.8) is 0 Å². The van der Waals surface area contributed by atoms with Crippen molar-refractivity contribution in [3.05, 3.63) is 60.7 Å². The van der Waals surface area contributed by atoms with Crippen LogP contribution in [0.25, 0.3) is 0 Å². The van der Waals surface area contributed by atoms with Crippen LogP contribution in [0.4, 0.5) is 5.69 Å². The lowest BCUT2D eigenvalue weighted by molar-refractivity contribution is 1.42. The summed E-state index contributed by atoms with van der Waals surface area (Å²) < 4.78 is 2.72. The zero-order valence-electron chi connectivity index (χ0n) is 12.2. The molecule has 0 fully saturated rings. The number of para-hydroxylation sites is 1. The molecule has 0 unspecified atom stereocenters. The maximum atomic E-state index is 2.72. The fourth-order valence-electron chi connectivity index (χ4n) is 2.69. The van der Waals surface area contributed by atoms with Crippen LogP contribution in [0.2, 0.25) is 26.2 Å². The highest BCUT2D eigenvalue weighted by atomic mass is 28.4. The van der Waals surface area contributed by atoms with E-state index in [0.29, 0.717) is 0 Å². The third-order valence-corrected chi connectivity index (χ3v) is 10.8. The molecular formula is C16H22NSi2. The molecule has 0 saturated heterocycles. The van der Waals surface area contributed by atoms with Gasteiger partial charge in [-0.1, -0.05) is 61.6 Å². The largest absolute Gasteiger partial charge is 0.422 e. The monoisotopic (exact) mass is 284 g/mol. The number of rotatable bonds is 4. The standard InChI is InChI=1S/C16H22NSi2/c1-18(2)17(15-11-7-5-8-12-15)19(3,4)16-13-9-6-10-14-16/h5-14H,1-4H3. The zero-order valence-corrected chi connectivity index (χ0v) is 14.2. The van der Waals surface area contributed by atoms with E-state index in [-0.39, 0.29) is 0 Å². The van der Waals surface area contributed by atoms with Crippen molar-refractivity contribution in [1.29, 1.82) is 0 Å². The molecule has 99 valence electrons. The van der Waals surface area contributed by atoms with Gasteiger partial charge >= 0.3 is 0 Å². The summed E-state index contributed by atoms with van der Waals surface area (Å²) in [6, 6.07) is 21.9. The molecular weight excluding hydrogens is 262 g/mol. The number of hydrogen-bond acceptors (Lipinski definition) is 1. The van der Waals surface area contributed by atoms with Gasteiger partial charge in [-0.05, 0) is 30.4 Å². The molecule has 0 amide bonds. The highest BCUT2D eigenvalue weighted by Gasteiger charge is 2.33. The lowest BCUT2D eigenvalue weighted by Gasteiger charge is -2.42. The average Bonchev–Trinajstić information content (AvgIpc) is 2.40. The molecule has 0 aliphatic heterocycles. The molecule has 0 N–H and O–H groups in total. The average molecular weight is 285 g/mol. The molecule has 0 bridgehead atoms. The van der Waals surface area contributed by atoms with E-state index in [9.17, 15) is 0 Å². The summed E-state index contributed by atoms with van der Waals surface area (Å²) >= 11 is 0. The second-order valence-electron chi connectivity index (χ2n) is 5.54. The quantitative estimate of drug-likeness (QED) is 0.771. The Balaban J connectivity index is 2.45. The van der Waals surface area contributed by atoms with Crippen LogP contribution in [-0.2, 0) is 0 Å². The Morgan fingerprint density at radius 2 is 1.26 bits per heavy atom. The van der Waals surface area contributed by atoms with Gasteiger partial charge in [0, 0.05) is 5.69 Å². The molecule has 0 aliphatic carbocycles. The summed E-state index contributed by atoms with van der Waals surface area (Å²) in [7, 11) is -2.17. The molecule has 2 rings (SSSR count). The molecule has 0 spiro atoms. The first-order valence-corrected chi connectivity index (χ1v) is 12.1. The van der Waals surface area contributed by atoms with Gasteiger partial charge in [0.15, 0.2) is 17.2 Å². The van der Waals surface area contributed by atoms with E-state index >= 15 is 0 Å². The predicted molar refractivity (Wildman–Crippen MR) is 90.0 cm³/mol. The van der Waals surface area contributed by atoms with Gasteiger partial charge in [-0.15, -0.1) is 0 Å². The van der Waals surface area contributed by atoms with Crippen LogP contribution in [0, 0.1) is 0 Å². The van der Waals surface area contributed by atoms with Crippen molar-refractivity contribution in [2.45, 2.75) is 26.2 Å². The maximum absolute atomic E-state index is 2.72. The van der Waals surface area contributed by atoms with Gasteiger partial charge in [0.1, 0.15) is 0 Å². The summed E-state index contributed by atoms with van der Waals surface area (Å²) in [6.45, 7) is 9.67. The van der Waals surface area contributed by atoms with Crippen LogP contribution in [0.15, 0.2) is 60.7 Å². The lowest BCUT2D eigenvalue weighted by Crippen LogP contribution is -2.62. The Morgan fingerprint density at radius 3 is 1.74 bits per heavy atom. The van der Waals surface area contributed by atoms with Crippen LogP contribution in [-0.4, -0.2) is 17.2 Å². The van der Waals surface area contributed by atoms with Crippen molar-refractivity contribution in [2.75, 3.05) is 4.23 Å². The van der Waals surface area contributed by atoms with Crippen molar-refractivity contribution in [1.82, 2.24) is 0 Å². The van der Waals surface area contributed by atoms with Gasteiger partial charge in [-0.25, -0.2) is 0 Å². The summed E-state index contributed by atoms with van der Waals surface area (Å²) in [4.78, 5) is 0. The minimum atomic E-state index is -1.63. The molecule has 19 heavy (non-hydrogen) atoms. The summed E-state index contributed by atoms with van der Waals surface area (Å²) in [5, 5.41) is 1.50. The first-order valence-electron chi connectivity index (χ1n) is 6.74. The highest BCUT2D eigenvalue weighted by molar-refractivity contribution is 7.01. The van der Waals surface area contributed by atoms with Crippen LogP contribution in [0.1, 0.15) is 0 Å². The van der Waals surface area contributed by atoms with Gasteiger partial charge in [0.25, 0.3) is 0 Å². The van der Waals surface area contributed by atoms with Crippen molar-refractivity contribution in [3.8, 4) is 0 Å². The third kappa shape index (κ3) is 2.99. The molecule has 3 heteroatoms. The Hall–Kier alpha value is -1.33. The summed E-state index contributed by atoms with van der Waals surface area (Å²) in [5.41, 5.74) is 1.38. The first kappa shape index (κ1) is 14.1.